The van der Waals surface area contributed by atoms with E-state index in [1.54, 1.807) is 44.4 Å². The zero-order valence-electron chi connectivity index (χ0n) is 22.9. The molecule has 0 unspecified atom stereocenters. The Morgan fingerprint density at radius 2 is 1.90 bits per heavy atom. The molecule has 3 N–H and O–H groups in total. The molecular weight excluding hydrogens is 502 g/mol. The highest BCUT2D eigenvalue weighted by Gasteiger charge is 2.29. The number of aromatic nitrogens is 5. The first-order valence-electron chi connectivity index (χ1n) is 12.7. The molecule has 1 saturated heterocycles. The van der Waals surface area contributed by atoms with E-state index in [2.05, 4.69) is 48.1 Å². The number of piperidine rings is 1. The average molecular weight is 538 g/mol. The van der Waals surface area contributed by atoms with Crippen molar-refractivity contribution in [3.8, 4) is 17.1 Å². The summed E-state index contributed by atoms with van der Waals surface area (Å²) in [5.74, 6) is 0.578. The van der Waals surface area contributed by atoms with Gasteiger partial charge in [-0.15, -0.1) is 10.2 Å². The molecule has 39 heavy (non-hydrogen) atoms. The van der Waals surface area contributed by atoms with Gasteiger partial charge in [0.25, 0.3) is 5.91 Å². The molecule has 1 aliphatic heterocycles. The van der Waals surface area contributed by atoms with E-state index in [0.717, 1.165) is 25.9 Å². The van der Waals surface area contributed by atoms with Gasteiger partial charge in [0.2, 0.25) is 5.91 Å². The van der Waals surface area contributed by atoms with Crippen LogP contribution in [-0.2, 0) is 16.6 Å². The zero-order chi connectivity index (χ0) is 28.0. The normalized spacial score (nSPS) is 15.0. The zero-order valence-corrected chi connectivity index (χ0v) is 22.9. The van der Waals surface area contributed by atoms with Gasteiger partial charge in [-0.3, -0.25) is 14.3 Å². The first-order chi connectivity index (χ1) is 18.7. The second-order valence-electron chi connectivity index (χ2n) is 9.62. The number of hydrogen-bond acceptors (Lipinski definition) is 10. The van der Waals surface area contributed by atoms with Crippen LogP contribution in [-0.4, -0.2) is 88.2 Å². The smallest absolute Gasteiger partial charge is 0.273 e. The van der Waals surface area contributed by atoms with Crippen molar-refractivity contribution in [2.75, 3.05) is 51.5 Å². The van der Waals surface area contributed by atoms with Gasteiger partial charge in [0.15, 0.2) is 23.1 Å². The van der Waals surface area contributed by atoms with Crippen LogP contribution in [0.5, 0.6) is 5.75 Å². The SMILES string of the molecule is CNC(=O)c1nnc(NC(=O)CCN2CCC(C)(OC)CC2)cc1Nc1cccc(-c2ncn(C)n2)c1OC. The molecule has 4 rings (SSSR count). The van der Waals surface area contributed by atoms with E-state index in [1.165, 1.54) is 7.05 Å². The molecule has 0 bridgehead atoms. The number of carbonyl (C=O) groups excluding carboxylic acids is 2. The maximum absolute atomic E-state index is 12.7. The lowest BCUT2D eigenvalue weighted by Crippen LogP contribution is -2.44. The number of nitrogens with one attached hydrogen (secondary N) is 3. The Balaban J connectivity index is 1.50. The number of anilines is 3. The first kappa shape index (κ1) is 27.9. The number of rotatable bonds is 10. The molecule has 208 valence electrons. The molecule has 2 aromatic heterocycles. The second-order valence-corrected chi connectivity index (χ2v) is 9.62. The third kappa shape index (κ3) is 6.67. The summed E-state index contributed by atoms with van der Waals surface area (Å²) in [4.78, 5) is 31.8. The van der Waals surface area contributed by atoms with E-state index < -0.39 is 5.91 Å². The number of carbonyl (C=O) groups is 2. The van der Waals surface area contributed by atoms with E-state index in [1.807, 2.05) is 12.1 Å². The van der Waals surface area contributed by atoms with Crippen LogP contribution in [0.15, 0.2) is 30.6 Å². The lowest BCUT2D eigenvalue weighted by atomic mass is 9.93. The third-order valence-corrected chi connectivity index (χ3v) is 6.89. The number of nitrogens with zero attached hydrogens (tertiary/aromatic N) is 6. The number of methoxy groups -OCH3 is 2. The fourth-order valence-corrected chi connectivity index (χ4v) is 4.39. The van der Waals surface area contributed by atoms with Crippen LogP contribution in [0.4, 0.5) is 17.2 Å². The predicted molar refractivity (Wildman–Crippen MR) is 146 cm³/mol. The molecule has 13 heteroatoms. The summed E-state index contributed by atoms with van der Waals surface area (Å²) in [7, 11) is 6.57. The van der Waals surface area contributed by atoms with Crippen LogP contribution >= 0.6 is 0 Å². The van der Waals surface area contributed by atoms with E-state index in [4.69, 9.17) is 9.47 Å². The van der Waals surface area contributed by atoms with Crippen molar-refractivity contribution in [3.63, 3.8) is 0 Å². The molecule has 2 amide bonds. The quantitative estimate of drug-likeness (QED) is 0.351. The summed E-state index contributed by atoms with van der Waals surface area (Å²) in [5, 5.41) is 21.1. The number of benzene rings is 1. The molecule has 1 fully saturated rings. The van der Waals surface area contributed by atoms with Gasteiger partial charge in [-0.2, -0.15) is 5.10 Å². The lowest BCUT2D eigenvalue weighted by Gasteiger charge is -2.38. The molecule has 3 aromatic rings. The van der Waals surface area contributed by atoms with Crippen LogP contribution in [0.1, 0.15) is 36.7 Å². The van der Waals surface area contributed by atoms with Crippen molar-refractivity contribution in [1.82, 2.24) is 35.2 Å². The minimum Gasteiger partial charge on any atom is -0.494 e. The van der Waals surface area contributed by atoms with Crippen molar-refractivity contribution < 1.29 is 19.1 Å². The molecular formula is C26H35N9O4. The van der Waals surface area contributed by atoms with Crippen LogP contribution in [0.2, 0.25) is 0 Å². The van der Waals surface area contributed by atoms with Gasteiger partial charge in [-0.25, -0.2) is 4.98 Å². The highest BCUT2D eigenvalue weighted by Crippen LogP contribution is 2.37. The van der Waals surface area contributed by atoms with Crippen LogP contribution in [0.3, 0.4) is 0 Å². The molecule has 0 aliphatic carbocycles. The van der Waals surface area contributed by atoms with E-state index in [9.17, 15) is 9.59 Å². The number of para-hydroxylation sites is 1. The number of amides is 2. The summed E-state index contributed by atoms with van der Waals surface area (Å²) in [6.45, 7) is 4.50. The Labute approximate surface area is 227 Å². The maximum atomic E-state index is 12.7. The highest BCUT2D eigenvalue weighted by molar-refractivity contribution is 5.99. The van der Waals surface area contributed by atoms with Gasteiger partial charge in [0, 0.05) is 53.3 Å². The van der Waals surface area contributed by atoms with E-state index >= 15 is 0 Å². The van der Waals surface area contributed by atoms with Gasteiger partial charge in [0.05, 0.1) is 29.6 Å². The average Bonchev–Trinajstić information content (AvgIpc) is 3.38. The topological polar surface area (TPSA) is 148 Å². The molecule has 0 spiro atoms. The Morgan fingerprint density at radius 1 is 1.13 bits per heavy atom. The monoisotopic (exact) mass is 537 g/mol. The van der Waals surface area contributed by atoms with Crippen LogP contribution in [0, 0.1) is 0 Å². The van der Waals surface area contributed by atoms with Gasteiger partial charge in [-0.05, 0) is 31.9 Å². The number of ether oxygens (including phenoxy) is 2. The standard InChI is InChI=1S/C26H35N9O4/c1-26(39-5)10-13-35(14-11-26)12-9-21(36)30-20-15-19(22(32-31-20)25(37)27-2)29-18-8-6-7-17(23(18)38-4)24-28-16-34(3)33-24/h6-8,15-16H,9-14H2,1-5H3,(H,27,37)(H2,29,30,31,36). The minimum atomic E-state index is -0.433. The van der Waals surface area contributed by atoms with Crippen molar-refractivity contribution in [2.24, 2.45) is 7.05 Å². The highest BCUT2D eigenvalue weighted by atomic mass is 16.5. The second kappa shape index (κ2) is 12.2. The predicted octanol–water partition coefficient (Wildman–Crippen LogP) is 2.21. The molecule has 1 aromatic carbocycles. The van der Waals surface area contributed by atoms with Gasteiger partial charge < -0.3 is 30.3 Å². The van der Waals surface area contributed by atoms with Crippen molar-refractivity contribution in [2.45, 2.75) is 31.8 Å². The van der Waals surface area contributed by atoms with E-state index in [-0.39, 0.29) is 23.0 Å². The lowest BCUT2D eigenvalue weighted by molar-refractivity contribution is -0.116. The fraction of sp³-hybridized carbons (Fsp3) is 0.462. The van der Waals surface area contributed by atoms with Crippen molar-refractivity contribution in [3.05, 3.63) is 36.3 Å². The molecule has 13 nitrogen and oxygen atoms in total. The number of hydrogen-bond donors (Lipinski definition) is 3. The van der Waals surface area contributed by atoms with Gasteiger partial charge in [-0.1, -0.05) is 6.07 Å². The van der Waals surface area contributed by atoms with E-state index in [0.29, 0.717) is 41.5 Å². The minimum absolute atomic E-state index is 0.0634. The fourth-order valence-electron chi connectivity index (χ4n) is 4.39. The molecule has 1 aliphatic rings. The summed E-state index contributed by atoms with van der Waals surface area (Å²) >= 11 is 0. The largest absolute Gasteiger partial charge is 0.494 e. The Bertz CT molecular complexity index is 1320. The van der Waals surface area contributed by atoms with Crippen LogP contribution < -0.4 is 20.7 Å². The van der Waals surface area contributed by atoms with Crippen molar-refractivity contribution in [1.29, 1.82) is 0 Å². The maximum Gasteiger partial charge on any atom is 0.273 e. The Morgan fingerprint density at radius 3 is 2.54 bits per heavy atom. The Hall–Kier alpha value is -4.10. The number of likely N-dealkylation sites (tertiary alicyclic amines) is 1. The molecule has 0 radical (unpaired) electrons. The van der Waals surface area contributed by atoms with Crippen LogP contribution in [0.25, 0.3) is 11.4 Å². The van der Waals surface area contributed by atoms with Gasteiger partial charge in [0.1, 0.15) is 6.33 Å². The molecule has 0 atom stereocenters. The number of aryl methyl sites for hydroxylation is 1. The van der Waals surface area contributed by atoms with Crippen molar-refractivity contribution >= 4 is 29.0 Å². The summed E-state index contributed by atoms with van der Waals surface area (Å²) in [6, 6.07) is 7.03. The van der Waals surface area contributed by atoms with Gasteiger partial charge >= 0.3 is 0 Å². The summed E-state index contributed by atoms with van der Waals surface area (Å²) < 4.78 is 12.9. The molecule has 0 saturated carbocycles. The Kier molecular flexibility index (Phi) is 8.72. The summed E-state index contributed by atoms with van der Waals surface area (Å²) in [6.07, 6.45) is 3.75. The molecule has 3 heterocycles. The summed E-state index contributed by atoms with van der Waals surface area (Å²) in [5.41, 5.74) is 1.54. The third-order valence-electron chi connectivity index (χ3n) is 6.89. The first-order valence-corrected chi connectivity index (χ1v) is 12.7.